The van der Waals surface area contributed by atoms with Crippen molar-refractivity contribution in [3.05, 3.63) is 59.1 Å². The highest BCUT2D eigenvalue weighted by Crippen LogP contribution is 2.25. The largest absolute Gasteiger partial charge is 0.497 e. The predicted octanol–water partition coefficient (Wildman–Crippen LogP) is 3.81. The Balaban J connectivity index is 1.86. The van der Waals surface area contributed by atoms with Gasteiger partial charge in [-0.2, -0.15) is 0 Å². The first-order valence-electron chi connectivity index (χ1n) is 6.93. The zero-order valence-electron chi connectivity index (χ0n) is 12.2. The number of ether oxygens (including phenoxy) is 1. The van der Waals surface area contributed by atoms with Crippen LogP contribution in [0.4, 0.5) is 0 Å². The van der Waals surface area contributed by atoms with E-state index in [0.717, 1.165) is 17.7 Å². The normalized spacial score (nSPS) is 12.5. The molecule has 0 aliphatic carbocycles. The van der Waals surface area contributed by atoms with Crippen LogP contribution in [0.2, 0.25) is 0 Å². The summed E-state index contributed by atoms with van der Waals surface area (Å²) in [5.74, 6) is 0.897. The number of hydrogen-bond acceptors (Lipinski definition) is 4. The highest BCUT2D eigenvalue weighted by atomic mass is 32.1. The molecule has 0 saturated heterocycles. The number of hydrogen-bond donors (Lipinski definition) is 1. The molecular weight excluding hydrogens is 280 g/mol. The number of methoxy groups -OCH3 is 1. The van der Waals surface area contributed by atoms with Crippen LogP contribution in [0.15, 0.2) is 48.0 Å². The fourth-order valence-electron chi connectivity index (χ4n) is 2.47. The van der Waals surface area contributed by atoms with Gasteiger partial charge in [0.1, 0.15) is 5.75 Å². The fraction of sp³-hybridized carbons (Fsp3) is 0.235. The zero-order chi connectivity index (χ0) is 14.7. The highest BCUT2D eigenvalue weighted by Gasteiger charge is 2.12. The van der Waals surface area contributed by atoms with E-state index in [1.165, 1.54) is 15.8 Å². The van der Waals surface area contributed by atoms with Crippen molar-refractivity contribution in [3.63, 3.8) is 0 Å². The second-order valence-electron chi connectivity index (χ2n) is 4.97. The third kappa shape index (κ3) is 3.06. The summed E-state index contributed by atoms with van der Waals surface area (Å²) < 4.78 is 6.53. The third-order valence-electron chi connectivity index (χ3n) is 3.65. The second kappa shape index (κ2) is 6.24. The summed E-state index contributed by atoms with van der Waals surface area (Å²) in [6.07, 6.45) is 2.88. The molecule has 1 N–H and O–H groups in total. The van der Waals surface area contributed by atoms with Crippen LogP contribution in [-0.2, 0) is 6.42 Å². The Bertz CT molecular complexity index is 738. The minimum absolute atomic E-state index is 0.246. The molecule has 0 saturated carbocycles. The van der Waals surface area contributed by atoms with Gasteiger partial charge in [0.05, 0.1) is 17.3 Å². The predicted molar refractivity (Wildman–Crippen MR) is 88.1 cm³/mol. The van der Waals surface area contributed by atoms with Crippen molar-refractivity contribution in [2.75, 3.05) is 14.2 Å². The lowest BCUT2D eigenvalue weighted by atomic mass is 10.00. The topological polar surface area (TPSA) is 34.1 Å². The van der Waals surface area contributed by atoms with Crippen molar-refractivity contribution < 1.29 is 4.74 Å². The molecular formula is C17H18N2OS. The molecule has 2 aromatic heterocycles. The fourth-order valence-corrected chi connectivity index (χ4v) is 3.26. The van der Waals surface area contributed by atoms with Gasteiger partial charge in [-0.25, -0.2) is 0 Å². The molecule has 0 spiro atoms. The van der Waals surface area contributed by atoms with Gasteiger partial charge in [-0.1, -0.05) is 12.1 Å². The highest BCUT2D eigenvalue weighted by molar-refractivity contribution is 7.17. The van der Waals surface area contributed by atoms with E-state index < -0.39 is 0 Å². The molecule has 1 atom stereocenters. The van der Waals surface area contributed by atoms with Crippen molar-refractivity contribution in [2.45, 2.75) is 12.5 Å². The molecule has 3 aromatic rings. The number of pyridine rings is 1. The van der Waals surface area contributed by atoms with Crippen LogP contribution in [-0.4, -0.2) is 19.1 Å². The Morgan fingerprint density at radius 3 is 3.00 bits per heavy atom. The van der Waals surface area contributed by atoms with Crippen LogP contribution in [0.5, 0.6) is 5.75 Å². The monoisotopic (exact) mass is 298 g/mol. The van der Waals surface area contributed by atoms with E-state index in [4.69, 9.17) is 4.74 Å². The number of nitrogens with zero attached hydrogens (tertiary/aromatic N) is 1. The lowest BCUT2D eigenvalue weighted by molar-refractivity contribution is 0.414. The summed E-state index contributed by atoms with van der Waals surface area (Å²) in [5.41, 5.74) is 3.54. The van der Waals surface area contributed by atoms with E-state index >= 15 is 0 Å². The van der Waals surface area contributed by atoms with Crippen LogP contribution in [0, 0.1) is 0 Å². The second-order valence-corrected chi connectivity index (χ2v) is 5.92. The van der Waals surface area contributed by atoms with Gasteiger partial charge in [-0.05, 0) is 54.2 Å². The van der Waals surface area contributed by atoms with Crippen LogP contribution in [0.1, 0.15) is 17.2 Å². The molecule has 0 amide bonds. The summed E-state index contributed by atoms with van der Waals surface area (Å²) in [5, 5.41) is 5.47. The molecule has 0 aliphatic heterocycles. The molecule has 108 valence electrons. The van der Waals surface area contributed by atoms with Crippen LogP contribution in [0.3, 0.4) is 0 Å². The lowest BCUT2D eigenvalue weighted by Gasteiger charge is -2.17. The van der Waals surface area contributed by atoms with Gasteiger partial charge in [0.15, 0.2) is 0 Å². The van der Waals surface area contributed by atoms with Crippen molar-refractivity contribution in [1.82, 2.24) is 10.3 Å². The Morgan fingerprint density at radius 1 is 1.29 bits per heavy atom. The maximum Gasteiger partial charge on any atom is 0.119 e. The minimum Gasteiger partial charge on any atom is -0.497 e. The third-order valence-corrected chi connectivity index (χ3v) is 4.50. The molecule has 0 fully saturated rings. The van der Waals surface area contributed by atoms with Crippen LogP contribution >= 0.6 is 11.3 Å². The molecule has 3 rings (SSSR count). The average molecular weight is 298 g/mol. The number of rotatable bonds is 5. The summed E-state index contributed by atoms with van der Waals surface area (Å²) in [4.78, 5) is 4.53. The SMILES string of the molecule is CNC(Cc1cccc(OC)c1)c1cnc2ccsc2c1. The van der Waals surface area contributed by atoms with E-state index in [1.54, 1.807) is 18.4 Å². The summed E-state index contributed by atoms with van der Waals surface area (Å²) in [6.45, 7) is 0. The molecule has 3 nitrogen and oxygen atoms in total. The molecule has 1 aromatic carbocycles. The number of nitrogens with one attached hydrogen (secondary N) is 1. The maximum atomic E-state index is 5.29. The smallest absolute Gasteiger partial charge is 0.119 e. The van der Waals surface area contributed by atoms with Gasteiger partial charge in [0.25, 0.3) is 0 Å². The molecule has 0 aliphatic rings. The van der Waals surface area contributed by atoms with E-state index in [0.29, 0.717) is 0 Å². The Morgan fingerprint density at radius 2 is 2.19 bits per heavy atom. The molecule has 0 bridgehead atoms. The number of fused-ring (bicyclic) bond motifs is 1. The maximum absolute atomic E-state index is 5.29. The summed E-state index contributed by atoms with van der Waals surface area (Å²) in [6, 6.07) is 12.7. The zero-order valence-corrected chi connectivity index (χ0v) is 13.0. The standard InChI is InChI=1S/C17H18N2OS/c1-18-16(9-12-4-3-5-14(8-12)20-2)13-10-17-15(19-11-13)6-7-21-17/h3-8,10-11,16,18H,9H2,1-2H3. The lowest BCUT2D eigenvalue weighted by Crippen LogP contribution is -2.19. The number of aromatic nitrogens is 1. The first-order chi connectivity index (χ1) is 10.3. The molecule has 4 heteroatoms. The number of thiophene rings is 1. The molecule has 0 radical (unpaired) electrons. The minimum atomic E-state index is 0.246. The van der Waals surface area contributed by atoms with Crippen molar-refractivity contribution >= 4 is 21.6 Å². The van der Waals surface area contributed by atoms with Gasteiger partial charge in [0.2, 0.25) is 0 Å². The summed E-state index contributed by atoms with van der Waals surface area (Å²) >= 11 is 1.73. The van der Waals surface area contributed by atoms with E-state index in [2.05, 4.69) is 39.9 Å². The first-order valence-corrected chi connectivity index (χ1v) is 7.81. The number of likely N-dealkylation sites (N-methyl/N-ethyl adjacent to an activating group) is 1. The van der Waals surface area contributed by atoms with Crippen molar-refractivity contribution in [1.29, 1.82) is 0 Å². The Labute approximate surface area is 128 Å². The Kier molecular flexibility index (Phi) is 4.18. The van der Waals surface area contributed by atoms with Crippen molar-refractivity contribution in [3.8, 4) is 5.75 Å². The average Bonchev–Trinajstić information content (AvgIpc) is 3.00. The van der Waals surface area contributed by atoms with E-state index in [1.807, 2.05) is 25.4 Å². The molecule has 21 heavy (non-hydrogen) atoms. The van der Waals surface area contributed by atoms with Crippen LogP contribution < -0.4 is 10.1 Å². The number of benzene rings is 1. The van der Waals surface area contributed by atoms with Gasteiger partial charge >= 0.3 is 0 Å². The molecule has 1 unspecified atom stereocenters. The molecule has 2 heterocycles. The van der Waals surface area contributed by atoms with Gasteiger partial charge in [-0.3, -0.25) is 4.98 Å². The van der Waals surface area contributed by atoms with Gasteiger partial charge in [-0.15, -0.1) is 11.3 Å². The first kappa shape index (κ1) is 14.0. The van der Waals surface area contributed by atoms with Crippen molar-refractivity contribution in [2.24, 2.45) is 0 Å². The Hall–Kier alpha value is -1.91. The summed E-state index contributed by atoms with van der Waals surface area (Å²) in [7, 11) is 3.69. The van der Waals surface area contributed by atoms with Crippen LogP contribution in [0.25, 0.3) is 10.2 Å². The van der Waals surface area contributed by atoms with E-state index in [9.17, 15) is 0 Å². The van der Waals surface area contributed by atoms with E-state index in [-0.39, 0.29) is 6.04 Å². The van der Waals surface area contributed by atoms with Gasteiger partial charge in [0, 0.05) is 12.2 Å². The quantitative estimate of drug-likeness (QED) is 0.778. The van der Waals surface area contributed by atoms with Gasteiger partial charge < -0.3 is 10.1 Å².